The van der Waals surface area contributed by atoms with Gasteiger partial charge in [0, 0.05) is 25.0 Å². The number of aryl methyl sites for hydroxylation is 1. The molecule has 1 N–H and O–H groups in total. The number of nitrogens with one attached hydrogen (secondary N) is 1. The molecular weight excluding hydrogens is 629 g/mol. The number of benzene rings is 4. The van der Waals surface area contributed by atoms with Crippen LogP contribution in [0.4, 0.5) is 5.69 Å². The highest BCUT2D eigenvalue weighted by atomic mass is 35.5. The van der Waals surface area contributed by atoms with Crippen molar-refractivity contribution in [1.29, 1.82) is 0 Å². The fourth-order valence-corrected chi connectivity index (χ4v) is 6.57. The van der Waals surface area contributed by atoms with E-state index in [9.17, 15) is 18.0 Å². The number of rotatable bonds is 11. The van der Waals surface area contributed by atoms with E-state index in [0.29, 0.717) is 26.9 Å². The van der Waals surface area contributed by atoms with Gasteiger partial charge >= 0.3 is 0 Å². The third-order valence-electron chi connectivity index (χ3n) is 6.92. The number of anilines is 1. The first kappa shape index (κ1) is 32.4. The molecule has 2 amide bonds. The van der Waals surface area contributed by atoms with E-state index in [1.54, 1.807) is 49.4 Å². The normalized spacial score (nSPS) is 11.9. The van der Waals surface area contributed by atoms with Gasteiger partial charge in [0.1, 0.15) is 12.6 Å². The number of hydrogen-bond donors (Lipinski definition) is 1. The van der Waals surface area contributed by atoms with Crippen LogP contribution in [0, 0.1) is 6.92 Å². The van der Waals surface area contributed by atoms with E-state index in [-0.39, 0.29) is 22.9 Å². The van der Waals surface area contributed by atoms with Gasteiger partial charge in [0.05, 0.1) is 20.6 Å². The molecule has 0 heterocycles. The van der Waals surface area contributed by atoms with E-state index in [0.717, 1.165) is 9.87 Å². The molecule has 0 aromatic heterocycles. The van der Waals surface area contributed by atoms with Crippen LogP contribution in [0.3, 0.4) is 0 Å². The standard InChI is InChI=1S/C32H30Cl3N3O4S/c1-22-8-6-7-11-29(22)38(43(41,42)26-15-13-25(33)14-16-26)21-31(39)37(20-24-12-17-27(34)28(35)18-24)30(32(40)36-2)19-23-9-4-3-5-10-23/h3-18,30H,19-21H2,1-2H3,(H,36,40)/t30-/m1/s1. The van der Waals surface area contributed by atoms with E-state index in [1.165, 1.54) is 36.2 Å². The second kappa shape index (κ2) is 14.3. The van der Waals surface area contributed by atoms with Crippen LogP contribution >= 0.6 is 34.8 Å². The molecule has 0 radical (unpaired) electrons. The fourth-order valence-electron chi connectivity index (χ4n) is 4.65. The minimum atomic E-state index is -4.23. The van der Waals surface area contributed by atoms with E-state index in [2.05, 4.69) is 5.32 Å². The Morgan fingerprint density at radius 2 is 1.47 bits per heavy atom. The Hall–Kier alpha value is -3.56. The lowest BCUT2D eigenvalue weighted by Crippen LogP contribution is -2.53. The lowest BCUT2D eigenvalue weighted by atomic mass is 10.0. The van der Waals surface area contributed by atoms with Crippen LogP contribution < -0.4 is 9.62 Å². The molecule has 43 heavy (non-hydrogen) atoms. The topological polar surface area (TPSA) is 86.8 Å². The molecule has 0 aliphatic rings. The highest BCUT2D eigenvalue weighted by Gasteiger charge is 2.34. The summed E-state index contributed by atoms with van der Waals surface area (Å²) in [5.41, 5.74) is 2.43. The maximum atomic E-state index is 14.3. The van der Waals surface area contributed by atoms with Crippen LogP contribution in [-0.4, -0.2) is 44.8 Å². The molecule has 0 saturated heterocycles. The Morgan fingerprint density at radius 1 is 0.814 bits per heavy atom. The van der Waals surface area contributed by atoms with Crippen LogP contribution in [0.15, 0.2) is 102 Å². The summed E-state index contributed by atoms with van der Waals surface area (Å²) in [5.74, 6) is -0.989. The van der Waals surface area contributed by atoms with E-state index in [1.807, 2.05) is 30.3 Å². The number of para-hydroxylation sites is 1. The summed E-state index contributed by atoms with van der Waals surface area (Å²) < 4.78 is 29.2. The van der Waals surface area contributed by atoms with Crippen molar-refractivity contribution in [2.45, 2.75) is 30.8 Å². The monoisotopic (exact) mass is 657 g/mol. The predicted octanol–water partition coefficient (Wildman–Crippen LogP) is 6.54. The number of carbonyl (C=O) groups is 2. The Kier molecular flexibility index (Phi) is 10.7. The molecule has 0 spiro atoms. The molecule has 4 aromatic carbocycles. The lowest BCUT2D eigenvalue weighted by Gasteiger charge is -2.34. The molecule has 0 bridgehead atoms. The van der Waals surface area contributed by atoms with Crippen molar-refractivity contribution in [2.75, 3.05) is 17.9 Å². The van der Waals surface area contributed by atoms with Gasteiger partial charge in [0.2, 0.25) is 11.8 Å². The number of likely N-dealkylation sites (N-methyl/N-ethyl adjacent to an activating group) is 1. The Morgan fingerprint density at radius 3 is 2.09 bits per heavy atom. The van der Waals surface area contributed by atoms with Crippen molar-refractivity contribution in [3.05, 3.63) is 129 Å². The van der Waals surface area contributed by atoms with Crippen molar-refractivity contribution in [3.8, 4) is 0 Å². The number of nitrogens with zero attached hydrogens (tertiary/aromatic N) is 2. The number of hydrogen-bond acceptors (Lipinski definition) is 4. The minimum Gasteiger partial charge on any atom is -0.357 e. The Balaban J connectivity index is 1.81. The van der Waals surface area contributed by atoms with E-state index < -0.39 is 34.4 Å². The SMILES string of the molecule is CNC(=O)[C@@H](Cc1ccccc1)N(Cc1ccc(Cl)c(Cl)c1)C(=O)CN(c1ccccc1C)S(=O)(=O)c1ccc(Cl)cc1. The molecule has 4 aromatic rings. The average Bonchev–Trinajstić information content (AvgIpc) is 3.00. The van der Waals surface area contributed by atoms with Crippen molar-refractivity contribution < 1.29 is 18.0 Å². The van der Waals surface area contributed by atoms with Gasteiger partial charge in [-0.05, 0) is 66.1 Å². The van der Waals surface area contributed by atoms with Crippen molar-refractivity contribution >= 4 is 62.3 Å². The Labute approximate surface area is 267 Å². The summed E-state index contributed by atoms with van der Waals surface area (Å²) in [4.78, 5) is 29.0. The third-order valence-corrected chi connectivity index (χ3v) is 9.68. The Bertz CT molecular complexity index is 1700. The van der Waals surface area contributed by atoms with Gasteiger partial charge in [-0.1, -0.05) is 89.4 Å². The molecule has 1 atom stereocenters. The summed E-state index contributed by atoms with van der Waals surface area (Å²) in [6, 6.07) is 25.9. The number of amides is 2. The molecule has 0 aliphatic heterocycles. The van der Waals surface area contributed by atoms with Gasteiger partial charge in [0.15, 0.2) is 0 Å². The van der Waals surface area contributed by atoms with Crippen LogP contribution in [-0.2, 0) is 32.6 Å². The quantitative estimate of drug-likeness (QED) is 0.198. The summed E-state index contributed by atoms with van der Waals surface area (Å²) in [6.45, 7) is 1.17. The van der Waals surface area contributed by atoms with Gasteiger partial charge in [-0.15, -0.1) is 0 Å². The van der Waals surface area contributed by atoms with Crippen LogP contribution in [0.2, 0.25) is 15.1 Å². The fraction of sp³-hybridized carbons (Fsp3) is 0.188. The van der Waals surface area contributed by atoms with Crippen LogP contribution in [0.25, 0.3) is 0 Å². The first-order chi connectivity index (χ1) is 20.5. The van der Waals surface area contributed by atoms with Crippen LogP contribution in [0.5, 0.6) is 0 Å². The van der Waals surface area contributed by atoms with E-state index >= 15 is 0 Å². The van der Waals surface area contributed by atoms with Gasteiger partial charge in [-0.3, -0.25) is 13.9 Å². The summed E-state index contributed by atoms with van der Waals surface area (Å²) in [6.07, 6.45) is 0.196. The maximum Gasteiger partial charge on any atom is 0.264 e. The van der Waals surface area contributed by atoms with Gasteiger partial charge in [-0.2, -0.15) is 0 Å². The summed E-state index contributed by atoms with van der Waals surface area (Å²) >= 11 is 18.4. The predicted molar refractivity (Wildman–Crippen MR) is 172 cm³/mol. The second-order valence-electron chi connectivity index (χ2n) is 9.84. The third kappa shape index (κ3) is 7.89. The molecule has 0 fully saturated rings. The first-order valence-corrected chi connectivity index (χ1v) is 15.9. The summed E-state index contributed by atoms with van der Waals surface area (Å²) in [5, 5.41) is 3.67. The molecule has 224 valence electrons. The number of sulfonamides is 1. The number of halogens is 3. The minimum absolute atomic E-state index is 0.0246. The highest BCUT2D eigenvalue weighted by Crippen LogP contribution is 2.29. The van der Waals surface area contributed by atoms with Gasteiger partial charge in [-0.25, -0.2) is 8.42 Å². The zero-order valence-corrected chi connectivity index (χ0v) is 26.6. The zero-order chi connectivity index (χ0) is 31.1. The van der Waals surface area contributed by atoms with Gasteiger partial charge < -0.3 is 10.2 Å². The van der Waals surface area contributed by atoms with Crippen molar-refractivity contribution in [1.82, 2.24) is 10.2 Å². The molecule has 0 saturated carbocycles. The van der Waals surface area contributed by atoms with Crippen LogP contribution in [0.1, 0.15) is 16.7 Å². The lowest BCUT2D eigenvalue weighted by molar-refractivity contribution is -0.139. The first-order valence-electron chi connectivity index (χ1n) is 13.3. The largest absolute Gasteiger partial charge is 0.357 e. The molecule has 0 unspecified atom stereocenters. The van der Waals surface area contributed by atoms with Crippen molar-refractivity contribution in [3.63, 3.8) is 0 Å². The summed E-state index contributed by atoms with van der Waals surface area (Å²) in [7, 11) is -2.74. The number of carbonyl (C=O) groups excluding carboxylic acids is 2. The van der Waals surface area contributed by atoms with Gasteiger partial charge in [0.25, 0.3) is 10.0 Å². The van der Waals surface area contributed by atoms with E-state index in [4.69, 9.17) is 34.8 Å². The molecule has 4 rings (SSSR count). The average molecular weight is 659 g/mol. The smallest absolute Gasteiger partial charge is 0.264 e. The maximum absolute atomic E-state index is 14.3. The molecule has 0 aliphatic carbocycles. The zero-order valence-electron chi connectivity index (χ0n) is 23.5. The molecule has 7 nitrogen and oxygen atoms in total. The second-order valence-corrected chi connectivity index (χ2v) is 13.0. The van der Waals surface area contributed by atoms with Crippen molar-refractivity contribution in [2.24, 2.45) is 0 Å². The molecule has 11 heteroatoms. The highest BCUT2D eigenvalue weighted by molar-refractivity contribution is 7.92. The molecular formula is C32H30Cl3N3O4S.